The van der Waals surface area contributed by atoms with Crippen molar-refractivity contribution in [2.45, 2.75) is 19.6 Å². The molecule has 2 aromatic carbocycles. The molecule has 8 nitrogen and oxygen atoms in total. The highest BCUT2D eigenvalue weighted by Gasteiger charge is 2.18. The zero-order valence-corrected chi connectivity index (χ0v) is 17.3. The first kappa shape index (κ1) is 20.6. The minimum absolute atomic E-state index is 0.132. The Kier molecular flexibility index (Phi) is 6.28. The van der Waals surface area contributed by atoms with Gasteiger partial charge in [0.25, 0.3) is 5.56 Å². The van der Waals surface area contributed by atoms with Crippen LogP contribution in [0.25, 0.3) is 11.2 Å². The minimum atomic E-state index is -0.407. The van der Waals surface area contributed by atoms with Crippen molar-refractivity contribution >= 4 is 11.2 Å². The number of benzene rings is 2. The van der Waals surface area contributed by atoms with Crippen LogP contribution in [0.1, 0.15) is 5.56 Å². The van der Waals surface area contributed by atoms with Gasteiger partial charge in [0.15, 0.2) is 11.2 Å². The van der Waals surface area contributed by atoms with E-state index in [1.807, 2.05) is 60.7 Å². The van der Waals surface area contributed by atoms with Crippen molar-refractivity contribution in [3.8, 4) is 5.75 Å². The summed E-state index contributed by atoms with van der Waals surface area (Å²) in [5, 5.41) is 0. The van der Waals surface area contributed by atoms with Crippen molar-refractivity contribution in [2.24, 2.45) is 0 Å². The first-order valence-corrected chi connectivity index (χ1v) is 10.1. The standard InChI is InChI=1S/C23H24N4O4/c1-30-14-12-25-17-24-21-20(25)22(28)26(13-15-31-19-10-6-3-7-11-19)23(29)27(21)16-18-8-4-2-5-9-18/h2-11,17H,12-16H2,1H3. The molecule has 0 aliphatic carbocycles. The molecule has 0 spiro atoms. The number of hydrogen-bond donors (Lipinski definition) is 0. The van der Waals surface area contributed by atoms with Gasteiger partial charge in [-0.25, -0.2) is 9.78 Å². The van der Waals surface area contributed by atoms with Crippen molar-refractivity contribution in [1.29, 1.82) is 0 Å². The minimum Gasteiger partial charge on any atom is -0.492 e. The monoisotopic (exact) mass is 420 g/mol. The Morgan fingerprint density at radius 3 is 2.29 bits per heavy atom. The number of ether oxygens (including phenoxy) is 2. The average molecular weight is 420 g/mol. The van der Waals surface area contributed by atoms with E-state index in [2.05, 4.69) is 4.98 Å². The third-order valence-corrected chi connectivity index (χ3v) is 5.03. The van der Waals surface area contributed by atoms with E-state index >= 15 is 0 Å². The second-order valence-electron chi connectivity index (χ2n) is 7.08. The Bertz CT molecular complexity index is 1260. The number of nitrogens with zero attached hydrogens (tertiary/aromatic N) is 4. The topological polar surface area (TPSA) is 80.3 Å². The number of hydrogen-bond acceptors (Lipinski definition) is 5. The van der Waals surface area contributed by atoms with Crippen LogP contribution in [0.15, 0.2) is 76.6 Å². The lowest BCUT2D eigenvalue weighted by Crippen LogP contribution is -2.42. The van der Waals surface area contributed by atoms with Gasteiger partial charge in [-0.2, -0.15) is 0 Å². The van der Waals surface area contributed by atoms with Crippen molar-refractivity contribution in [1.82, 2.24) is 18.7 Å². The maximum Gasteiger partial charge on any atom is 0.333 e. The smallest absolute Gasteiger partial charge is 0.333 e. The summed E-state index contributed by atoms with van der Waals surface area (Å²) in [6.07, 6.45) is 1.58. The first-order chi connectivity index (χ1) is 15.2. The van der Waals surface area contributed by atoms with Crippen LogP contribution in [0.3, 0.4) is 0 Å². The zero-order valence-electron chi connectivity index (χ0n) is 17.3. The van der Waals surface area contributed by atoms with Gasteiger partial charge in [-0.3, -0.25) is 13.9 Å². The maximum absolute atomic E-state index is 13.3. The van der Waals surface area contributed by atoms with Gasteiger partial charge < -0.3 is 14.0 Å². The van der Waals surface area contributed by atoms with E-state index in [1.54, 1.807) is 18.0 Å². The predicted octanol–water partition coefficient (Wildman–Crippen LogP) is 2.13. The lowest BCUT2D eigenvalue weighted by Gasteiger charge is -2.13. The Morgan fingerprint density at radius 1 is 0.871 bits per heavy atom. The summed E-state index contributed by atoms with van der Waals surface area (Å²) in [6, 6.07) is 18.9. The summed E-state index contributed by atoms with van der Waals surface area (Å²) in [7, 11) is 1.60. The molecular weight excluding hydrogens is 396 g/mol. The molecular formula is C23H24N4O4. The van der Waals surface area contributed by atoms with Gasteiger partial charge in [-0.1, -0.05) is 48.5 Å². The van der Waals surface area contributed by atoms with E-state index in [1.165, 1.54) is 9.13 Å². The normalized spacial score (nSPS) is 11.1. The van der Waals surface area contributed by atoms with E-state index in [4.69, 9.17) is 9.47 Å². The predicted molar refractivity (Wildman–Crippen MR) is 118 cm³/mol. The summed E-state index contributed by atoms with van der Waals surface area (Å²) in [4.78, 5) is 30.9. The summed E-state index contributed by atoms with van der Waals surface area (Å²) < 4.78 is 15.4. The summed E-state index contributed by atoms with van der Waals surface area (Å²) in [5.41, 5.74) is 0.912. The average Bonchev–Trinajstić information content (AvgIpc) is 3.23. The fraction of sp³-hybridized carbons (Fsp3) is 0.261. The summed E-state index contributed by atoms with van der Waals surface area (Å²) in [5.74, 6) is 0.686. The summed E-state index contributed by atoms with van der Waals surface area (Å²) in [6.45, 7) is 1.54. The van der Waals surface area contributed by atoms with Crippen LogP contribution in [0.4, 0.5) is 0 Å². The summed E-state index contributed by atoms with van der Waals surface area (Å²) >= 11 is 0. The fourth-order valence-corrected chi connectivity index (χ4v) is 3.48. The van der Waals surface area contributed by atoms with E-state index in [0.717, 1.165) is 5.56 Å². The molecule has 160 valence electrons. The van der Waals surface area contributed by atoms with Crippen molar-refractivity contribution in [3.63, 3.8) is 0 Å². The van der Waals surface area contributed by atoms with Crippen LogP contribution >= 0.6 is 0 Å². The quantitative estimate of drug-likeness (QED) is 0.414. The molecule has 2 heterocycles. The molecule has 0 fully saturated rings. The SMILES string of the molecule is COCCn1cnc2c1c(=O)n(CCOc1ccccc1)c(=O)n2Cc1ccccc1. The van der Waals surface area contributed by atoms with Crippen LogP contribution < -0.4 is 16.0 Å². The largest absolute Gasteiger partial charge is 0.492 e. The molecule has 0 atom stereocenters. The highest BCUT2D eigenvalue weighted by atomic mass is 16.5. The second kappa shape index (κ2) is 9.44. The molecule has 4 rings (SSSR count). The molecule has 31 heavy (non-hydrogen) atoms. The van der Waals surface area contributed by atoms with Gasteiger partial charge in [0.05, 0.1) is 26.0 Å². The Morgan fingerprint density at radius 2 is 1.58 bits per heavy atom. The highest BCUT2D eigenvalue weighted by molar-refractivity contribution is 5.70. The van der Waals surface area contributed by atoms with Gasteiger partial charge in [0.1, 0.15) is 12.4 Å². The van der Waals surface area contributed by atoms with Crippen molar-refractivity contribution in [2.75, 3.05) is 20.3 Å². The molecule has 2 aromatic heterocycles. The molecule has 0 bridgehead atoms. The van der Waals surface area contributed by atoms with Gasteiger partial charge in [-0.05, 0) is 17.7 Å². The first-order valence-electron chi connectivity index (χ1n) is 10.1. The zero-order chi connectivity index (χ0) is 21.6. The van der Waals surface area contributed by atoms with E-state index in [9.17, 15) is 9.59 Å². The van der Waals surface area contributed by atoms with Crippen LogP contribution in [0.2, 0.25) is 0 Å². The number of fused-ring (bicyclic) bond motifs is 1. The second-order valence-corrected chi connectivity index (χ2v) is 7.08. The number of para-hydroxylation sites is 1. The van der Waals surface area contributed by atoms with E-state index in [-0.39, 0.29) is 18.7 Å². The van der Waals surface area contributed by atoms with Crippen LogP contribution in [-0.4, -0.2) is 39.0 Å². The van der Waals surface area contributed by atoms with Crippen LogP contribution in [0.5, 0.6) is 5.75 Å². The fourth-order valence-electron chi connectivity index (χ4n) is 3.48. The third-order valence-electron chi connectivity index (χ3n) is 5.03. The van der Waals surface area contributed by atoms with Crippen LogP contribution in [-0.2, 0) is 24.4 Å². The number of imidazole rings is 1. The van der Waals surface area contributed by atoms with E-state index < -0.39 is 5.69 Å². The molecule has 8 heteroatoms. The molecule has 0 aliphatic heterocycles. The molecule has 0 saturated carbocycles. The number of aromatic nitrogens is 4. The molecule has 0 unspecified atom stereocenters. The highest BCUT2D eigenvalue weighted by Crippen LogP contribution is 2.11. The molecule has 0 radical (unpaired) electrons. The lowest BCUT2D eigenvalue weighted by molar-refractivity contribution is 0.188. The third kappa shape index (κ3) is 4.44. The van der Waals surface area contributed by atoms with Gasteiger partial charge in [0.2, 0.25) is 0 Å². The molecule has 0 saturated heterocycles. The van der Waals surface area contributed by atoms with E-state index in [0.29, 0.717) is 36.6 Å². The molecule has 4 aromatic rings. The van der Waals surface area contributed by atoms with Crippen LogP contribution in [0, 0.1) is 0 Å². The lowest BCUT2D eigenvalue weighted by atomic mass is 10.2. The van der Waals surface area contributed by atoms with Gasteiger partial charge in [0, 0.05) is 13.7 Å². The van der Waals surface area contributed by atoms with Gasteiger partial charge >= 0.3 is 5.69 Å². The van der Waals surface area contributed by atoms with Gasteiger partial charge in [-0.15, -0.1) is 0 Å². The molecule has 0 aliphatic rings. The Labute approximate surface area is 178 Å². The number of rotatable bonds is 9. The molecule has 0 N–H and O–H groups in total. The maximum atomic E-state index is 13.3. The molecule has 0 amide bonds. The number of methoxy groups -OCH3 is 1. The van der Waals surface area contributed by atoms with Crippen molar-refractivity contribution in [3.05, 3.63) is 93.4 Å². The Hall–Kier alpha value is -3.65. The van der Waals surface area contributed by atoms with Crippen molar-refractivity contribution < 1.29 is 9.47 Å². The Balaban J connectivity index is 1.74.